The minimum Gasteiger partial charge on any atom is -0.362 e. The third kappa shape index (κ3) is 4.63. The molecule has 1 amide bonds. The smallest absolute Gasteiger partial charge is 0.242 e. The molecule has 1 heterocycles. The molecule has 28 heavy (non-hydrogen) atoms. The highest BCUT2D eigenvalue weighted by atomic mass is 35.5. The van der Waals surface area contributed by atoms with Crippen LogP contribution in [0.25, 0.3) is 22.2 Å². The van der Waals surface area contributed by atoms with Gasteiger partial charge in [-0.1, -0.05) is 48.5 Å². The fraction of sp³-hybridized carbons (Fsp3) is 0.304. The van der Waals surface area contributed by atoms with E-state index in [9.17, 15) is 4.79 Å². The van der Waals surface area contributed by atoms with Gasteiger partial charge in [-0.25, -0.2) is 4.98 Å². The first-order valence-corrected chi connectivity index (χ1v) is 9.65. The Kier molecular flexibility index (Phi) is 7.82. The maximum absolute atomic E-state index is 12.7. The number of halogens is 1. The molecule has 3 aromatic rings. The molecule has 0 aliphatic heterocycles. The molecule has 0 aliphatic rings. The van der Waals surface area contributed by atoms with Crippen molar-refractivity contribution < 1.29 is 4.79 Å². The molecule has 0 N–H and O–H groups in total. The molecular weight excluding hydrogens is 370 g/mol. The Bertz CT molecular complexity index is 910. The molecule has 0 saturated heterocycles. The molecule has 0 atom stereocenters. The lowest BCUT2D eigenvalue weighted by Crippen LogP contribution is -2.40. The van der Waals surface area contributed by atoms with Gasteiger partial charge in [-0.05, 0) is 32.9 Å². The summed E-state index contributed by atoms with van der Waals surface area (Å²) >= 11 is 0. The minimum absolute atomic E-state index is 0. The highest BCUT2D eigenvalue weighted by molar-refractivity contribution is 5.96. The Hall–Kier alpha value is -2.59. The van der Waals surface area contributed by atoms with E-state index in [0.29, 0.717) is 6.54 Å². The van der Waals surface area contributed by atoms with E-state index in [1.807, 2.05) is 55.1 Å². The number of para-hydroxylation sites is 1. The molecule has 4 nitrogen and oxygen atoms in total. The van der Waals surface area contributed by atoms with Gasteiger partial charge in [-0.2, -0.15) is 0 Å². The summed E-state index contributed by atoms with van der Waals surface area (Å²) < 4.78 is 0. The van der Waals surface area contributed by atoms with Crippen LogP contribution in [-0.4, -0.2) is 42.0 Å². The van der Waals surface area contributed by atoms with Gasteiger partial charge in [0, 0.05) is 36.3 Å². The largest absolute Gasteiger partial charge is 0.362 e. The van der Waals surface area contributed by atoms with Gasteiger partial charge in [0.25, 0.3) is 0 Å². The quantitative estimate of drug-likeness (QED) is 0.561. The first kappa shape index (κ1) is 21.7. The number of aromatic nitrogens is 1. The van der Waals surface area contributed by atoms with Crippen LogP contribution in [0.2, 0.25) is 0 Å². The Labute approximate surface area is 173 Å². The number of fused-ring (bicyclic) bond motifs is 1. The van der Waals surface area contributed by atoms with Gasteiger partial charge in [0.1, 0.15) is 0 Å². The highest BCUT2D eigenvalue weighted by Gasteiger charge is 2.18. The Morgan fingerprint density at radius 3 is 2.18 bits per heavy atom. The predicted octanol–water partition coefficient (Wildman–Crippen LogP) is 5.02. The number of amides is 1. The normalized spacial score (nSPS) is 10.4. The molecular formula is C23H28ClN3O. The van der Waals surface area contributed by atoms with E-state index in [-0.39, 0.29) is 18.3 Å². The summed E-state index contributed by atoms with van der Waals surface area (Å²) in [5.74, 6) is 0.156. The standard InChI is InChI=1S/C23H27N3O.ClH/c1-4-25(5-2)23(27)17-26(6-3)22-16-21(18-12-8-7-9-13-18)24-20-15-11-10-14-19(20)22;/h7-16H,4-6,17H2,1-3H3;1H. The van der Waals surface area contributed by atoms with Crippen molar-refractivity contribution in [3.05, 3.63) is 60.7 Å². The van der Waals surface area contributed by atoms with Crippen molar-refractivity contribution >= 4 is 34.9 Å². The van der Waals surface area contributed by atoms with Crippen LogP contribution in [0.5, 0.6) is 0 Å². The van der Waals surface area contributed by atoms with Crippen LogP contribution in [0, 0.1) is 0 Å². The zero-order valence-electron chi connectivity index (χ0n) is 16.8. The Morgan fingerprint density at radius 1 is 0.893 bits per heavy atom. The summed E-state index contributed by atoms with van der Waals surface area (Å²) in [6.07, 6.45) is 0. The van der Waals surface area contributed by atoms with Gasteiger partial charge in [-0.15, -0.1) is 12.4 Å². The number of carbonyl (C=O) groups excluding carboxylic acids is 1. The molecule has 0 bridgehead atoms. The number of hydrogen-bond acceptors (Lipinski definition) is 3. The second-order valence-corrected chi connectivity index (χ2v) is 6.49. The molecule has 0 aliphatic carbocycles. The van der Waals surface area contributed by atoms with E-state index in [1.165, 1.54) is 0 Å². The van der Waals surface area contributed by atoms with Gasteiger partial charge >= 0.3 is 0 Å². The van der Waals surface area contributed by atoms with E-state index in [0.717, 1.165) is 47.5 Å². The van der Waals surface area contributed by atoms with Gasteiger partial charge in [0.15, 0.2) is 0 Å². The summed E-state index contributed by atoms with van der Waals surface area (Å²) in [5, 5.41) is 1.08. The topological polar surface area (TPSA) is 36.4 Å². The van der Waals surface area contributed by atoms with E-state index < -0.39 is 0 Å². The SMILES string of the molecule is CCN(CC)C(=O)CN(CC)c1cc(-c2ccccc2)nc2ccccc12.Cl. The maximum atomic E-state index is 12.7. The first-order valence-electron chi connectivity index (χ1n) is 9.65. The van der Waals surface area contributed by atoms with Crippen molar-refractivity contribution in [3.8, 4) is 11.3 Å². The van der Waals surface area contributed by atoms with E-state index in [2.05, 4.69) is 36.1 Å². The average Bonchev–Trinajstić information content (AvgIpc) is 2.72. The third-order valence-electron chi connectivity index (χ3n) is 4.93. The minimum atomic E-state index is 0. The van der Waals surface area contributed by atoms with E-state index >= 15 is 0 Å². The zero-order chi connectivity index (χ0) is 19.2. The second-order valence-electron chi connectivity index (χ2n) is 6.49. The average molecular weight is 398 g/mol. The molecule has 0 spiro atoms. The van der Waals surface area contributed by atoms with Crippen molar-refractivity contribution in [2.45, 2.75) is 20.8 Å². The monoisotopic (exact) mass is 397 g/mol. The number of nitrogens with zero attached hydrogens (tertiary/aromatic N) is 3. The maximum Gasteiger partial charge on any atom is 0.242 e. The lowest BCUT2D eigenvalue weighted by Gasteiger charge is -2.28. The van der Waals surface area contributed by atoms with Crippen LogP contribution in [0.15, 0.2) is 60.7 Å². The fourth-order valence-corrected chi connectivity index (χ4v) is 3.38. The Balaban J connectivity index is 0.00000280. The van der Waals surface area contributed by atoms with Crippen LogP contribution in [-0.2, 0) is 4.79 Å². The van der Waals surface area contributed by atoms with Crippen LogP contribution < -0.4 is 4.90 Å². The van der Waals surface area contributed by atoms with Crippen LogP contribution in [0.1, 0.15) is 20.8 Å². The number of anilines is 1. The molecule has 1 aromatic heterocycles. The molecule has 148 valence electrons. The van der Waals surface area contributed by atoms with Crippen LogP contribution >= 0.6 is 12.4 Å². The molecule has 0 saturated carbocycles. The van der Waals surface area contributed by atoms with Crippen molar-refractivity contribution in [2.75, 3.05) is 31.1 Å². The molecule has 0 radical (unpaired) electrons. The molecule has 0 fully saturated rings. The Morgan fingerprint density at radius 2 is 1.54 bits per heavy atom. The van der Waals surface area contributed by atoms with Crippen molar-refractivity contribution in [2.24, 2.45) is 0 Å². The summed E-state index contributed by atoms with van der Waals surface area (Å²) in [7, 11) is 0. The summed E-state index contributed by atoms with van der Waals surface area (Å²) in [6.45, 7) is 8.74. The van der Waals surface area contributed by atoms with Crippen molar-refractivity contribution in [3.63, 3.8) is 0 Å². The fourth-order valence-electron chi connectivity index (χ4n) is 3.38. The third-order valence-corrected chi connectivity index (χ3v) is 4.93. The number of benzene rings is 2. The van der Waals surface area contributed by atoms with Gasteiger partial charge in [-0.3, -0.25) is 4.79 Å². The van der Waals surface area contributed by atoms with Gasteiger partial charge < -0.3 is 9.80 Å². The van der Waals surface area contributed by atoms with Crippen molar-refractivity contribution in [1.82, 2.24) is 9.88 Å². The summed E-state index contributed by atoms with van der Waals surface area (Å²) in [4.78, 5) is 21.6. The van der Waals surface area contributed by atoms with E-state index in [4.69, 9.17) is 4.98 Å². The van der Waals surface area contributed by atoms with Crippen LogP contribution in [0.3, 0.4) is 0 Å². The van der Waals surface area contributed by atoms with Gasteiger partial charge in [0.05, 0.1) is 17.8 Å². The first-order chi connectivity index (χ1) is 13.2. The molecule has 0 unspecified atom stereocenters. The number of likely N-dealkylation sites (N-methyl/N-ethyl adjacent to an activating group) is 2. The zero-order valence-corrected chi connectivity index (χ0v) is 17.6. The lowest BCUT2D eigenvalue weighted by molar-refractivity contribution is -0.129. The van der Waals surface area contributed by atoms with Gasteiger partial charge in [0.2, 0.25) is 5.91 Å². The summed E-state index contributed by atoms with van der Waals surface area (Å²) in [6, 6.07) is 20.4. The molecule has 5 heteroatoms. The van der Waals surface area contributed by atoms with Crippen LogP contribution in [0.4, 0.5) is 5.69 Å². The number of hydrogen-bond donors (Lipinski definition) is 0. The van der Waals surface area contributed by atoms with Crippen molar-refractivity contribution in [1.29, 1.82) is 0 Å². The number of carbonyl (C=O) groups is 1. The molecule has 3 rings (SSSR count). The lowest BCUT2D eigenvalue weighted by atomic mass is 10.1. The number of pyridine rings is 1. The molecule has 2 aromatic carbocycles. The predicted molar refractivity (Wildman–Crippen MR) is 120 cm³/mol. The van der Waals surface area contributed by atoms with E-state index in [1.54, 1.807) is 0 Å². The second kappa shape index (κ2) is 10.1. The highest BCUT2D eigenvalue weighted by Crippen LogP contribution is 2.30. The number of rotatable bonds is 7. The summed E-state index contributed by atoms with van der Waals surface area (Å²) in [5.41, 5.74) is 4.01.